The Hall–Kier alpha value is -2.89. The molecule has 0 aliphatic carbocycles. The first-order valence-corrected chi connectivity index (χ1v) is 7.66. The van der Waals surface area contributed by atoms with Crippen LogP contribution in [0, 0.1) is 24.0 Å². The molecular formula is C18H20N2O4. The first-order chi connectivity index (χ1) is 11.5. The topological polar surface area (TPSA) is 81.5 Å². The van der Waals surface area contributed by atoms with Gasteiger partial charge >= 0.3 is 5.69 Å². The molecule has 0 saturated heterocycles. The summed E-state index contributed by atoms with van der Waals surface area (Å²) in [7, 11) is 0. The summed E-state index contributed by atoms with van der Waals surface area (Å²) < 4.78 is 5.42. The van der Waals surface area contributed by atoms with Crippen molar-refractivity contribution in [3.05, 3.63) is 69.3 Å². The number of carbonyl (C=O) groups is 1. The molecule has 0 unspecified atom stereocenters. The number of ether oxygens (including phenoxy) is 1. The molecule has 2 aromatic carbocycles. The zero-order valence-corrected chi connectivity index (χ0v) is 13.7. The zero-order chi connectivity index (χ0) is 17.5. The molecule has 0 heterocycles. The van der Waals surface area contributed by atoms with Gasteiger partial charge < -0.3 is 10.1 Å². The highest BCUT2D eigenvalue weighted by molar-refractivity contribution is 5.76. The number of aryl methyl sites for hydroxylation is 2. The van der Waals surface area contributed by atoms with Crippen LogP contribution in [0.1, 0.15) is 23.1 Å². The molecule has 24 heavy (non-hydrogen) atoms. The Morgan fingerprint density at radius 1 is 1.12 bits per heavy atom. The number of benzene rings is 2. The summed E-state index contributed by atoms with van der Waals surface area (Å²) in [5.41, 5.74) is 2.95. The summed E-state index contributed by atoms with van der Waals surface area (Å²) in [6.07, 6.45) is 0.136. The van der Waals surface area contributed by atoms with Crippen molar-refractivity contribution in [2.24, 2.45) is 0 Å². The van der Waals surface area contributed by atoms with E-state index >= 15 is 0 Å². The van der Waals surface area contributed by atoms with Gasteiger partial charge in [0.05, 0.1) is 18.0 Å². The molecule has 0 saturated carbocycles. The largest absolute Gasteiger partial charge is 0.486 e. The van der Waals surface area contributed by atoms with Crippen molar-refractivity contribution in [3.63, 3.8) is 0 Å². The molecule has 0 aliphatic rings. The van der Waals surface area contributed by atoms with E-state index in [0.717, 1.165) is 11.1 Å². The third kappa shape index (κ3) is 5.08. The quantitative estimate of drug-likeness (QED) is 0.624. The molecular weight excluding hydrogens is 308 g/mol. The summed E-state index contributed by atoms with van der Waals surface area (Å²) >= 11 is 0. The van der Waals surface area contributed by atoms with Gasteiger partial charge in [0.25, 0.3) is 0 Å². The lowest BCUT2D eigenvalue weighted by Crippen LogP contribution is -2.24. The van der Waals surface area contributed by atoms with Crippen molar-refractivity contribution >= 4 is 11.6 Å². The van der Waals surface area contributed by atoms with Crippen molar-refractivity contribution in [1.29, 1.82) is 0 Å². The highest BCUT2D eigenvalue weighted by Gasteiger charge is 2.15. The fourth-order valence-corrected chi connectivity index (χ4v) is 2.14. The molecule has 6 heteroatoms. The average Bonchev–Trinajstić information content (AvgIpc) is 2.54. The van der Waals surface area contributed by atoms with Gasteiger partial charge in [-0.3, -0.25) is 14.9 Å². The Labute approximate surface area is 140 Å². The summed E-state index contributed by atoms with van der Waals surface area (Å²) in [6.45, 7) is 4.36. The van der Waals surface area contributed by atoms with E-state index in [-0.39, 0.29) is 30.4 Å². The number of nitrogens with zero attached hydrogens (tertiary/aromatic N) is 1. The maximum Gasteiger partial charge on any atom is 0.310 e. The lowest BCUT2D eigenvalue weighted by molar-refractivity contribution is -0.385. The van der Waals surface area contributed by atoms with E-state index in [9.17, 15) is 14.9 Å². The molecule has 126 valence electrons. The van der Waals surface area contributed by atoms with Crippen molar-refractivity contribution in [1.82, 2.24) is 5.32 Å². The van der Waals surface area contributed by atoms with E-state index in [1.54, 1.807) is 12.1 Å². The summed E-state index contributed by atoms with van der Waals surface area (Å²) in [5, 5.41) is 13.8. The van der Waals surface area contributed by atoms with Crippen LogP contribution in [-0.4, -0.2) is 17.4 Å². The number of hydrogen-bond donors (Lipinski definition) is 1. The van der Waals surface area contributed by atoms with Crippen LogP contribution in [0.4, 0.5) is 5.69 Å². The summed E-state index contributed by atoms with van der Waals surface area (Å²) in [4.78, 5) is 22.3. The van der Waals surface area contributed by atoms with Gasteiger partial charge in [-0.05, 0) is 31.0 Å². The number of rotatable bonds is 7. The monoisotopic (exact) mass is 328 g/mol. The number of nitro benzene ring substituents is 1. The molecule has 2 rings (SSSR count). The van der Waals surface area contributed by atoms with E-state index < -0.39 is 4.92 Å². The summed E-state index contributed by atoms with van der Waals surface area (Å²) in [5.74, 6) is 0.0252. The molecule has 0 aromatic heterocycles. The van der Waals surface area contributed by atoms with Gasteiger partial charge in [0.2, 0.25) is 5.91 Å². The number of nitro groups is 1. The van der Waals surface area contributed by atoms with Gasteiger partial charge in [-0.1, -0.05) is 35.9 Å². The molecule has 6 nitrogen and oxygen atoms in total. The molecule has 0 atom stereocenters. The molecule has 0 bridgehead atoms. The first-order valence-electron chi connectivity index (χ1n) is 7.66. The second kappa shape index (κ2) is 8.10. The second-order valence-corrected chi connectivity index (χ2v) is 5.59. The first kappa shape index (κ1) is 17.5. The maximum absolute atomic E-state index is 11.8. The fraction of sp³-hybridized carbons (Fsp3) is 0.278. The van der Waals surface area contributed by atoms with Crippen molar-refractivity contribution in [2.45, 2.75) is 26.8 Å². The maximum atomic E-state index is 11.8. The van der Waals surface area contributed by atoms with Crippen LogP contribution in [0.3, 0.4) is 0 Å². The standard InChI is InChI=1S/C18H20N2O4/c1-13-3-6-15(7-4-13)12-19-18(21)9-10-24-17-11-14(2)5-8-16(17)20(22)23/h3-8,11H,9-10,12H2,1-2H3,(H,19,21). The lowest BCUT2D eigenvalue weighted by atomic mass is 10.1. The number of amides is 1. The van der Waals surface area contributed by atoms with E-state index in [2.05, 4.69) is 5.32 Å². The van der Waals surface area contributed by atoms with Gasteiger partial charge in [-0.15, -0.1) is 0 Å². The van der Waals surface area contributed by atoms with Crippen molar-refractivity contribution in [2.75, 3.05) is 6.61 Å². The minimum Gasteiger partial charge on any atom is -0.486 e. The van der Waals surface area contributed by atoms with Crippen LogP contribution in [0.5, 0.6) is 5.75 Å². The number of nitrogens with one attached hydrogen (secondary N) is 1. The lowest BCUT2D eigenvalue weighted by Gasteiger charge is -2.08. The highest BCUT2D eigenvalue weighted by Crippen LogP contribution is 2.27. The molecule has 0 spiro atoms. The third-order valence-corrected chi connectivity index (χ3v) is 3.51. The third-order valence-electron chi connectivity index (χ3n) is 3.51. The van der Waals surface area contributed by atoms with E-state index in [4.69, 9.17) is 4.74 Å². The Kier molecular flexibility index (Phi) is 5.89. The predicted molar refractivity (Wildman–Crippen MR) is 91.0 cm³/mol. The normalized spacial score (nSPS) is 10.2. The van der Waals surface area contributed by atoms with E-state index in [1.807, 2.05) is 38.1 Å². The van der Waals surface area contributed by atoms with Crippen LogP contribution in [0.25, 0.3) is 0 Å². The van der Waals surface area contributed by atoms with Gasteiger partial charge in [0.1, 0.15) is 0 Å². The van der Waals surface area contributed by atoms with E-state index in [0.29, 0.717) is 6.54 Å². The molecule has 0 aliphatic heterocycles. The average molecular weight is 328 g/mol. The van der Waals surface area contributed by atoms with Gasteiger partial charge in [-0.25, -0.2) is 0 Å². The molecule has 0 fully saturated rings. The minimum atomic E-state index is -0.494. The number of hydrogen-bond acceptors (Lipinski definition) is 4. The second-order valence-electron chi connectivity index (χ2n) is 5.59. The van der Waals surface area contributed by atoms with Crippen molar-refractivity contribution in [3.8, 4) is 5.75 Å². The summed E-state index contributed by atoms with van der Waals surface area (Å²) in [6, 6.07) is 12.6. The molecule has 2 aromatic rings. The van der Waals surface area contributed by atoms with Crippen LogP contribution in [0.2, 0.25) is 0 Å². The van der Waals surface area contributed by atoms with Crippen molar-refractivity contribution < 1.29 is 14.5 Å². The smallest absolute Gasteiger partial charge is 0.310 e. The van der Waals surface area contributed by atoms with Crippen LogP contribution in [-0.2, 0) is 11.3 Å². The SMILES string of the molecule is Cc1ccc(CNC(=O)CCOc2cc(C)ccc2[N+](=O)[O-])cc1. The number of carbonyl (C=O) groups excluding carboxylic acids is 1. The molecule has 0 radical (unpaired) electrons. The highest BCUT2D eigenvalue weighted by atomic mass is 16.6. The predicted octanol–water partition coefficient (Wildman–Crippen LogP) is 3.30. The zero-order valence-electron chi connectivity index (χ0n) is 13.7. The van der Waals surface area contributed by atoms with Gasteiger partial charge in [0.15, 0.2) is 5.75 Å². The van der Waals surface area contributed by atoms with Crippen LogP contribution < -0.4 is 10.1 Å². The van der Waals surface area contributed by atoms with Gasteiger partial charge in [-0.2, -0.15) is 0 Å². The Bertz CT molecular complexity index is 726. The van der Waals surface area contributed by atoms with E-state index in [1.165, 1.54) is 11.6 Å². The van der Waals surface area contributed by atoms with Gasteiger partial charge in [0, 0.05) is 12.6 Å². The van der Waals surface area contributed by atoms with Crippen LogP contribution in [0.15, 0.2) is 42.5 Å². The Balaban J connectivity index is 1.81. The molecule has 1 N–H and O–H groups in total. The van der Waals surface area contributed by atoms with Crippen LogP contribution >= 0.6 is 0 Å². The Morgan fingerprint density at radius 2 is 1.79 bits per heavy atom. The molecule has 1 amide bonds. The fourth-order valence-electron chi connectivity index (χ4n) is 2.14. The minimum absolute atomic E-state index is 0.0873. The Morgan fingerprint density at radius 3 is 2.46 bits per heavy atom.